The number of anilines is 2. The second kappa shape index (κ2) is 11.4. The van der Waals surface area contributed by atoms with Gasteiger partial charge >= 0.3 is 11.9 Å². The number of nitrogens with two attached hydrogens (primary N) is 2. The summed E-state index contributed by atoms with van der Waals surface area (Å²) in [6, 6.07) is 20.2. The standard InChI is InChI=1S/C26H26N2O5/c1-31-22-12-9-20(10-13-22)19-7-4-18(5-8-19)6-15-25(29)32-16-2-3-26(30)33-24-14-11-21(27)17-23(24)28/h4-15,17H,2-3,16,27-28H2,1H3/b15-6+. The molecule has 170 valence electrons. The number of carbonyl (C=O) groups is 2. The summed E-state index contributed by atoms with van der Waals surface area (Å²) in [5.41, 5.74) is 15.1. The Morgan fingerprint density at radius 2 is 1.58 bits per heavy atom. The molecule has 3 aromatic carbocycles. The first-order valence-corrected chi connectivity index (χ1v) is 10.4. The lowest BCUT2D eigenvalue weighted by atomic mass is 10.0. The van der Waals surface area contributed by atoms with Gasteiger partial charge in [0.2, 0.25) is 0 Å². The van der Waals surface area contributed by atoms with Gasteiger partial charge in [-0.1, -0.05) is 36.4 Å². The van der Waals surface area contributed by atoms with Crippen LogP contribution in [0.15, 0.2) is 72.8 Å². The van der Waals surface area contributed by atoms with Crippen molar-refractivity contribution in [2.45, 2.75) is 12.8 Å². The van der Waals surface area contributed by atoms with Crippen LogP contribution in [-0.2, 0) is 14.3 Å². The first-order chi connectivity index (χ1) is 15.9. The summed E-state index contributed by atoms with van der Waals surface area (Å²) < 4.78 is 15.5. The largest absolute Gasteiger partial charge is 0.497 e. The molecule has 0 aliphatic rings. The minimum Gasteiger partial charge on any atom is -0.497 e. The van der Waals surface area contributed by atoms with Crippen LogP contribution < -0.4 is 20.9 Å². The highest BCUT2D eigenvalue weighted by Crippen LogP contribution is 2.24. The lowest BCUT2D eigenvalue weighted by molar-refractivity contribution is -0.140. The fourth-order valence-corrected chi connectivity index (χ4v) is 3.01. The lowest BCUT2D eigenvalue weighted by Crippen LogP contribution is -2.11. The summed E-state index contributed by atoms with van der Waals surface area (Å²) in [5, 5.41) is 0. The molecule has 0 saturated carbocycles. The Bertz CT molecular complexity index is 1120. The second-order valence-corrected chi connectivity index (χ2v) is 7.23. The second-order valence-electron chi connectivity index (χ2n) is 7.23. The minimum atomic E-state index is -0.481. The number of nitrogen functional groups attached to an aromatic ring is 2. The van der Waals surface area contributed by atoms with Crippen molar-refractivity contribution in [3.63, 3.8) is 0 Å². The van der Waals surface area contributed by atoms with Gasteiger partial charge in [0.15, 0.2) is 5.75 Å². The summed E-state index contributed by atoms with van der Waals surface area (Å²) >= 11 is 0. The van der Waals surface area contributed by atoms with E-state index in [9.17, 15) is 9.59 Å². The van der Waals surface area contributed by atoms with Gasteiger partial charge in [-0.25, -0.2) is 4.79 Å². The molecular formula is C26H26N2O5. The van der Waals surface area contributed by atoms with Crippen molar-refractivity contribution in [1.82, 2.24) is 0 Å². The van der Waals surface area contributed by atoms with Crippen molar-refractivity contribution in [3.05, 3.63) is 78.4 Å². The van der Waals surface area contributed by atoms with Crippen molar-refractivity contribution < 1.29 is 23.8 Å². The topological polar surface area (TPSA) is 114 Å². The Balaban J connectivity index is 1.40. The smallest absolute Gasteiger partial charge is 0.330 e. The van der Waals surface area contributed by atoms with Crippen molar-refractivity contribution in [1.29, 1.82) is 0 Å². The predicted octanol–water partition coefficient (Wildman–Crippen LogP) is 4.47. The number of rotatable bonds is 9. The van der Waals surface area contributed by atoms with E-state index >= 15 is 0 Å². The molecule has 0 radical (unpaired) electrons. The molecule has 0 bridgehead atoms. The third-order valence-corrected chi connectivity index (χ3v) is 4.77. The minimum absolute atomic E-state index is 0.0909. The van der Waals surface area contributed by atoms with Gasteiger partial charge in [-0.2, -0.15) is 0 Å². The van der Waals surface area contributed by atoms with Crippen LogP contribution in [0.1, 0.15) is 18.4 Å². The summed E-state index contributed by atoms with van der Waals surface area (Å²) in [6.07, 6.45) is 3.46. The molecule has 0 aromatic heterocycles. The predicted molar refractivity (Wildman–Crippen MR) is 129 cm³/mol. The van der Waals surface area contributed by atoms with Crippen LogP contribution in [0.25, 0.3) is 17.2 Å². The van der Waals surface area contributed by atoms with Crippen molar-refractivity contribution in [2.75, 3.05) is 25.2 Å². The van der Waals surface area contributed by atoms with Crippen LogP contribution >= 0.6 is 0 Å². The molecule has 0 fully saturated rings. The summed E-state index contributed by atoms with van der Waals surface area (Å²) in [6.45, 7) is 0.103. The van der Waals surface area contributed by atoms with E-state index in [1.165, 1.54) is 18.2 Å². The van der Waals surface area contributed by atoms with E-state index in [1.54, 1.807) is 19.3 Å². The van der Waals surface area contributed by atoms with E-state index < -0.39 is 11.9 Å². The van der Waals surface area contributed by atoms with Crippen LogP contribution in [0.2, 0.25) is 0 Å². The molecule has 33 heavy (non-hydrogen) atoms. The summed E-state index contributed by atoms with van der Waals surface area (Å²) in [5.74, 6) is 0.118. The zero-order chi connectivity index (χ0) is 23.6. The Morgan fingerprint density at radius 3 is 2.21 bits per heavy atom. The monoisotopic (exact) mass is 446 g/mol. The van der Waals surface area contributed by atoms with Crippen LogP contribution in [0.5, 0.6) is 11.5 Å². The van der Waals surface area contributed by atoms with E-state index in [0.717, 1.165) is 22.4 Å². The number of esters is 2. The first-order valence-electron chi connectivity index (χ1n) is 10.4. The number of hydrogen-bond donors (Lipinski definition) is 2. The molecule has 0 atom stereocenters. The quantitative estimate of drug-likeness (QED) is 0.164. The normalized spacial score (nSPS) is 10.7. The molecule has 0 amide bonds. The van der Waals surface area contributed by atoms with Crippen LogP contribution in [-0.4, -0.2) is 25.7 Å². The van der Waals surface area contributed by atoms with Crippen molar-refractivity contribution in [3.8, 4) is 22.6 Å². The maximum atomic E-state index is 11.9. The SMILES string of the molecule is COc1ccc(-c2ccc(/C=C/C(=O)OCCCC(=O)Oc3ccc(N)cc3N)cc2)cc1. The van der Waals surface area contributed by atoms with Gasteiger partial charge in [0.1, 0.15) is 5.75 Å². The molecule has 0 aliphatic heterocycles. The zero-order valence-electron chi connectivity index (χ0n) is 18.3. The maximum absolute atomic E-state index is 11.9. The van der Waals surface area contributed by atoms with Gasteiger partial charge in [-0.05, 0) is 59.5 Å². The number of hydrogen-bond acceptors (Lipinski definition) is 7. The van der Waals surface area contributed by atoms with Gasteiger partial charge in [0, 0.05) is 18.2 Å². The van der Waals surface area contributed by atoms with Gasteiger partial charge in [0.05, 0.1) is 19.4 Å². The van der Waals surface area contributed by atoms with Gasteiger partial charge < -0.3 is 25.7 Å². The summed E-state index contributed by atoms with van der Waals surface area (Å²) in [7, 11) is 1.63. The number of benzene rings is 3. The average Bonchev–Trinajstić information content (AvgIpc) is 2.83. The number of ether oxygens (including phenoxy) is 3. The number of carbonyl (C=O) groups excluding carboxylic acids is 2. The Kier molecular flexibility index (Phi) is 8.07. The molecular weight excluding hydrogens is 420 g/mol. The average molecular weight is 447 g/mol. The fraction of sp³-hybridized carbons (Fsp3) is 0.154. The van der Waals surface area contributed by atoms with E-state index in [4.69, 9.17) is 25.7 Å². The van der Waals surface area contributed by atoms with Crippen LogP contribution in [0.3, 0.4) is 0 Å². The molecule has 7 heteroatoms. The van der Waals surface area contributed by atoms with Gasteiger partial charge in [-0.3, -0.25) is 4.79 Å². The first kappa shape index (κ1) is 23.4. The third kappa shape index (κ3) is 7.14. The van der Waals surface area contributed by atoms with E-state index in [1.807, 2.05) is 48.5 Å². The Hall–Kier alpha value is -4.26. The summed E-state index contributed by atoms with van der Waals surface area (Å²) in [4.78, 5) is 23.8. The highest BCUT2D eigenvalue weighted by atomic mass is 16.5. The van der Waals surface area contributed by atoms with E-state index in [-0.39, 0.29) is 24.5 Å². The van der Waals surface area contributed by atoms with Crippen LogP contribution in [0, 0.1) is 0 Å². The Labute approximate surface area is 192 Å². The molecule has 0 unspecified atom stereocenters. The highest BCUT2D eigenvalue weighted by Gasteiger charge is 2.08. The number of methoxy groups -OCH3 is 1. The van der Waals surface area contributed by atoms with Crippen LogP contribution in [0.4, 0.5) is 11.4 Å². The Morgan fingerprint density at radius 1 is 0.909 bits per heavy atom. The fourth-order valence-electron chi connectivity index (χ4n) is 3.01. The van der Waals surface area contributed by atoms with E-state index in [0.29, 0.717) is 12.1 Å². The van der Waals surface area contributed by atoms with Gasteiger partial charge in [0.25, 0.3) is 0 Å². The molecule has 0 spiro atoms. The lowest BCUT2D eigenvalue weighted by Gasteiger charge is -2.07. The van der Waals surface area contributed by atoms with Gasteiger partial charge in [-0.15, -0.1) is 0 Å². The van der Waals surface area contributed by atoms with Crippen molar-refractivity contribution in [2.24, 2.45) is 0 Å². The molecule has 4 N–H and O–H groups in total. The van der Waals surface area contributed by atoms with E-state index in [2.05, 4.69) is 0 Å². The maximum Gasteiger partial charge on any atom is 0.330 e. The third-order valence-electron chi connectivity index (χ3n) is 4.77. The molecule has 3 rings (SSSR count). The molecule has 0 heterocycles. The molecule has 3 aromatic rings. The molecule has 0 saturated heterocycles. The highest BCUT2D eigenvalue weighted by molar-refractivity contribution is 5.87. The molecule has 0 aliphatic carbocycles. The zero-order valence-corrected chi connectivity index (χ0v) is 18.3. The van der Waals surface area contributed by atoms with Crippen molar-refractivity contribution >= 4 is 29.4 Å². The molecule has 7 nitrogen and oxygen atoms in total.